The van der Waals surface area contributed by atoms with Crippen molar-refractivity contribution < 1.29 is 14.4 Å². The minimum Gasteiger partial charge on any atom is -0.383 e. The van der Waals surface area contributed by atoms with Crippen molar-refractivity contribution in [3.8, 4) is 11.8 Å². The quantitative estimate of drug-likeness (QED) is 0.356. The molecule has 5 rings (SSSR count). The second kappa shape index (κ2) is 12.0. The van der Waals surface area contributed by atoms with Gasteiger partial charge in [-0.15, -0.1) is 0 Å². The van der Waals surface area contributed by atoms with E-state index in [9.17, 15) is 4.79 Å². The maximum atomic E-state index is 12.9. The molecular weight excluding hydrogens is 482 g/mol. The van der Waals surface area contributed by atoms with E-state index in [-0.39, 0.29) is 12.1 Å². The van der Waals surface area contributed by atoms with Crippen LogP contribution in [0.4, 0.5) is 22.1 Å². The molecule has 2 N–H and O–H groups in total. The van der Waals surface area contributed by atoms with E-state index in [1.165, 1.54) is 5.06 Å². The molecule has 10 heteroatoms. The largest absolute Gasteiger partial charge is 0.383 e. The zero-order valence-electron chi connectivity index (χ0n) is 20.9. The van der Waals surface area contributed by atoms with Crippen LogP contribution in [0.1, 0.15) is 29.2 Å². The van der Waals surface area contributed by atoms with E-state index in [4.69, 9.17) is 9.57 Å². The molecule has 2 aromatic carbocycles. The standard InChI is InChI=1S/C28H27N7O3/c1-37-15-13-34-20-25(19-31-34)32-27-29-17-22(18-30-27)11-10-21-6-5-9-24(16-21)33-28(36)35-26(12-14-38-35)23-7-3-2-4-8-23/h2-9,16-20,26H,12-15H2,1H3,(H,33,36)(H,29,30,32)/t26-/m0/s1. The summed E-state index contributed by atoms with van der Waals surface area (Å²) in [5.74, 6) is 6.61. The Hall–Kier alpha value is -4.72. The van der Waals surface area contributed by atoms with Gasteiger partial charge in [0, 0.05) is 43.4 Å². The van der Waals surface area contributed by atoms with Crippen LogP contribution in [0.15, 0.2) is 79.4 Å². The zero-order valence-corrected chi connectivity index (χ0v) is 20.9. The van der Waals surface area contributed by atoms with E-state index in [1.807, 2.05) is 60.8 Å². The van der Waals surface area contributed by atoms with E-state index in [0.717, 1.165) is 23.2 Å². The highest BCUT2D eigenvalue weighted by molar-refractivity contribution is 5.89. The molecule has 0 bridgehead atoms. The topological polar surface area (TPSA) is 106 Å². The van der Waals surface area contributed by atoms with Crippen LogP contribution in [0.5, 0.6) is 0 Å². The minimum absolute atomic E-state index is 0.122. The van der Waals surface area contributed by atoms with Crippen molar-refractivity contribution in [3.05, 3.63) is 96.1 Å². The summed E-state index contributed by atoms with van der Waals surface area (Å²) in [6.07, 6.45) is 7.61. The molecule has 0 spiro atoms. The predicted octanol–water partition coefficient (Wildman–Crippen LogP) is 4.37. The van der Waals surface area contributed by atoms with Gasteiger partial charge in [-0.1, -0.05) is 48.2 Å². The van der Waals surface area contributed by atoms with Crippen molar-refractivity contribution in [1.82, 2.24) is 24.8 Å². The lowest BCUT2D eigenvalue weighted by molar-refractivity contribution is -0.0829. The lowest BCUT2D eigenvalue weighted by atomic mass is 10.1. The number of carbonyl (C=O) groups is 1. The van der Waals surface area contributed by atoms with Gasteiger partial charge < -0.3 is 15.4 Å². The molecule has 38 heavy (non-hydrogen) atoms. The van der Waals surface area contributed by atoms with Crippen LogP contribution in [0, 0.1) is 11.8 Å². The highest BCUT2D eigenvalue weighted by Gasteiger charge is 2.31. The van der Waals surface area contributed by atoms with Crippen LogP contribution in [0.2, 0.25) is 0 Å². The van der Waals surface area contributed by atoms with Crippen LogP contribution in [-0.2, 0) is 16.1 Å². The van der Waals surface area contributed by atoms with Gasteiger partial charge in [0.2, 0.25) is 5.95 Å². The molecule has 1 aliphatic rings. The van der Waals surface area contributed by atoms with E-state index >= 15 is 0 Å². The summed E-state index contributed by atoms with van der Waals surface area (Å²) < 4.78 is 6.84. The summed E-state index contributed by atoms with van der Waals surface area (Å²) in [5, 5.41) is 11.7. The van der Waals surface area contributed by atoms with Crippen molar-refractivity contribution >= 4 is 23.4 Å². The molecule has 192 valence electrons. The summed E-state index contributed by atoms with van der Waals surface area (Å²) in [7, 11) is 1.65. The fraction of sp³-hybridized carbons (Fsp3) is 0.214. The van der Waals surface area contributed by atoms with Gasteiger partial charge in [0.15, 0.2) is 0 Å². The smallest absolute Gasteiger partial charge is 0.346 e. The van der Waals surface area contributed by atoms with Crippen molar-refractivity contribution in [2.45, 2.75) is 19.0 Å². The Morgan fingerprint density at radius 1 is 1.05 bits per heavy atom. The molecular formula is C28H27N7O3. The van der Waals surface area contributed by atoms with Crippen LogP contribution in [-0.4, -0.2) is 51.2 Å². The fourth-order valence-corrected chi connectivity index (χ4v) is 3.97. The predicted molar refractivity (Wildman–Crippen MR) is 142 cm³/mol. The molecule has 3 heterocycles. The SMILES string of the molecule is COCCn1cc(Nc2ncc(C#Cc3cccc(NC(=O)N4OCC[C@H]4c4ccccc4)c3)cn2)cn1. The first-order valence-corrected chi connectivity index (χ1v) is 12.2. The Bertz CT molecular complexity index is 1430. The van der Waals surface area contributed by atoms with Crippen molar-refractivity contribution in [1.29, 1.82) is 0 Å². The van der Waals surface area contributed by atoms with Crippen LogP contribution >= 0.6 is 0 Å². The number of amides is 2. The molecule has 0 aliphatic carbocycles. The third-order valence-electron chi connectivity index (χ3n) is 5.82. The van der Waals surface area contributed by atoms with E-state index in [1.54, 1.807) is 30.4 Å². The highest BCUT2D eigenvalue weighted by atomic mass is 16.7. The van der Waals surface area contributed by atoms with Gasteiger partial charge >= 0.3 is 6.03 Å². The second-order valence-electron chi connectivity index (χ2n) is 8.54. The highest BCUT2D eigenvalue weighted by Crippen LogP contribution is 2.30. The summed E-state index contributed by atoms with van der Waals surface area (Å²) in [5.41, 5.74) is 3.87. The molecule has 1 atom stereocenters. The molecule has 1 aliphatic heterocycles. The number of nitrogens with one attached hydrogen (secondary N) is 2. The first-order valence-electron chi connectivity index (χ1n) is 12.2. The first kappa shape index (κ1) is 25.0. The van der Waals surface area contributed by atoms with Crippen LogP contribution in [0.25, 0.3) is 0 Å². The molecule has 10 nitrogen and oxygen atoms in total. The lowest BCUT2D eigenvalue weighted by Crippen LogP contribution is -2.33. The number of rotatable bonds is 7. The summed E-state index contributed by atoms with van der Waals surface area (Å²) >= 11 is 0. The normalized spacial score (nSPS) is 14.6. The van der Waals surface area contributed by atoms with E-state index < -0.39 is 0 Å². The van der Waals surface area contributed by atoms with Gasteiger partial charge in [-0.05, 0) is 23.8 Å². The molecule has 0 radical (unpaired) electrons. The number of hydrogen-bond donors (Lipinski definition) is 2. The number of carbonyl (C=O) groups excluding carboxylic acids is 1. The Kier molecular flexibility index (Phi) is 7.89. The maximum absolute atomic E-state index is 12.9. The summed E-state index contributed by atoms with van der Waals surface area (Å²) in [6.45, 7) is 1.74. The summed E-state index contributed by atoms with van der Waals surface area (Å²) in [6, 6.07) is 16.8. The molecule has 0 unspecified atom stereocenters. The fourth-order valence-electron chi connectivity index (χ4n) is 3.97. The molecule has 0 saturated carbocycles. The Balaban J connectivity index is 1.19. The molecule has 1 fully saturated rings. The van der Waals surface area contributed by atoms with Gasteiger partial charge in [-0.25, -0.2) is 14.8 Å². The van der Waals surface area contributed by atoms with Crippen molar-refractivity contribution in [3.63, 3.8) is 0 Å². The average molecular weight is 510 g/mol. The van der Waals surface area contributed by atoms with E-state index in [0.29, 0.717) is 37.0 Å². The number of aromatic nitrogens is 4. The van der Waals surface area contributed by atoms with Gasteiger partial charge in [-0.3, -0.25) is 9.52 Å². The number of hydroxylamine groups is 2. The van der Waals surface area contributed by atoms with Gasteiger partial charge in [-0.2, -0.15) is 10.2 Å². The number of hydrogen-bond acceptors (Lipinski definition) is 7. The number of nitrogens with zero attached hydrogens (tertiary/aromatic N) is 5. The number of anilines is 3. The first-order chi connectivity index (χ1) is 18.7. The van der Waals surface area contributed by atoms with Crippen LogP contribution < -0.4 is 10.6 Å². The van der Waals surface area contributed by atoms with Crippen molar-refractivity contribution in [2.75, 3.05) is 31.0 Å². The minimum atomic E-state index is -0.317. The number of ether oxygens (including phenoxy) is 1. The Morgan fingerprint density at radius 2 is 1.87 bits per heavy atom. The zero-order chi connectivity index (χ0) is 26.2. The molecule has 4 aromatic rings. The Labute approximate surface area is 220 Å². The number of benzene rings is 2. The molecule has 2 aromatic heterocycles. The van der Waals surface area contributed by atoms with Gasteiger partial charge in [0.1, 0.15) is 0 Å². The molecule has 2 amide bonds. The van der Waals surface area contributed by atoms with E-state index in [2.05, 4.69) is 37.5 Å². The van der Waals surface area contributed by atoms with Crippen LogP contribution in [0.3, 0.4) is 0 Å². The third-order valence-corrected chi connectivity index (χ3v) is 5.82. The average Bonchev–Trinajstić information content (AvgIpc) is 3.62. The third kappa shape index (κ3) is 6.34. The monoisotopic (exact) mass is 509 g/mol. The number of urea groups is 1. The lowest BCUT2D eigenvalue weighted by Gasteiger charge is -2.23. The maximum Gasteiger partial charge on any atom is 0.346 e. The summed E-state index contributed by atoms with van der Waals surface area (Å²) in [4.78, 5) is 27.2. The number of methoxy groups -OCH3 is 1. The van der Waals surface area contributed by atoms with Crippen molar-refractivity contribution in [2.24, 2.45) is 0 Å². The Morgan fingerprint density at radius 3 is 2.68 bits per heavy atom. The molecule has 1 saturated heterocycles. The second-order valence-corrected chi connectivity index (χ2v) is 8.54. The van der Waals surface area contributed by atoms with Gasteiger partial charge in [0.25, 0.3) is 0 Å². The van der Waals surface area contributed by atoms with Gasteiger partial charge in [0.05, 0.1) is 43.2 Å².